The molecule has 0 fully saturated rings. The SMILES string of the molecule is O=C(O)c1cccc(-c2cc(Cl)ccc2OCCn2cnc3cccc(F)c3c2=O)c1. The van der Waals surface area contributed by atoms with Crippen molar-refractivity contribution in [2.24, 2.45) is 0 Å². The number of ether oxygens (including phenoxy) is 1. The van der Waals surface area contributed by atoms with Crippen molar-refractivity contribution in [2.75, 3.05) is 6.61 Å². The van der Waals surface area contributed by atoms with Crippen LogP contribution in [0.15, 0.2) is 71.8 Å². The molecular formula is C23H16ClFN2O4. The van der Waals surface area contributed by atoms with Gasteiger partial charge in [-0.3, -0.25) is 9.36 Å². The molecule has 0 radical (unpaired) electrons. The van der Waals surface area contributed by atoms with Crippen molar-refractivity contribution in [3.63, 3.8) is 0 Å². The van der Waals surface area contributed by atoms with Crippen LogP contribution in [0.2, 0.25) is 5.02 Å². The van der Waals surface area contributed by atoms with E-state index in [0.29, 0.717) is 27.4 Å². The molecule has 8 heteroatoms. The van der Waals surface area contributed by atoms with Gasteiger partial charge >= 0.3 is 5.97 Å². The van der Waals surface area contributed by atoms with Crippen LogP contribution in [0.1, 0.15) is 10.4 Å². The van der Waals surface area contributed by atoms with E-state index in [2.05, 4.69) is 4.98 Å². The normalized spacial score (nSPS) is 10.9. The topological polar surface area (TPSA) is 81.4 Å². The fourth-order valence-corrected chi connectivity index (χ4v) is 3.42. The summed E-state index contributed by atoms with van der Waals surface area (Å²) >= 11 is 6.13. The van der Waals surface area contributed by atoms with Crippen LogP contribution in [-0.4, -0.2) is 27.2 Å². The van der Waals surface area contributed by atoms with Crippen LogP contribution in [0.3, 0.4) is 0 Å². The number of aromatic carboxylic acids is 1. The standard InChI is InChI=1S/C23H16ClFN2O4/c24-16-7-8-20(17(12-16)14-3-1-4-15(11-14)23(29)30)31-10-9-27-13-26-19-6-2-5-18(25)21(19)22(27)28/h1-8,11-13H,9-10H2,(H,29,30). The molecule has 0 unspecified atom stereocenters. The highest BCUT2D eigenvalue weighted by atomic mass is 35.5. The third kappa shape index (κ3) is 4.27. The fourth-order valence-electron chi connectivity index (χ4n) is 3.25. The maximum Gasteiger partial charge on any atom is 0.335 e. The van der Waals surface area contributed by atoms with Gasteiger partial charge in [0.25, 0.3) is 5.56 Å². The van der Waals surface area contributed by atoms with Gasteiger partial charge in [-0.1, -0.05) is 29.8 Å². The average molecular weight is 439 g/mol. The van der Waals surface area contributed by atoms with Crippen molar-refractivity contribution in [2.45, 2.75) is 6.54 Å². The third-order valence-corrected chi connectivity index (χ3v) is 4.99. The summed E-state index contributed by atoms with van der Waals surface area (Å²) < 4.78 is 21.2. The number of rotatable bonds is 6. The first-order chi connectivity index (χ1) is 14.9. The Morgan fingerprint density at radius 2 is 1.94 bits per heavy atom. The molecule has 0 atom stereocenters. The number of halogens is 2. The first-order valence-corrected chi connectivity index (χ1v) is 9.71. The van der Waals surface area contributed by atoms with Crippen LogP contribution < -0.4 is 10.3 Å². The Labute approximate surface area is 181 Å². The zero-order chi connectivity index (χ0) is 22.0. The third-order valence-electron chi connectivity index (χ3n) is 4.75. The van der Waals surface area contributed by atoms with Gasteiger partial charge in [-0.05, 0) is 48.0 Å². The summed E-state index contributed by atoms with van der Waals surface area (Å²) in [5.74, 6) is -1.19. The number of carboxylic acid groups (broad SMARTS) is 1. The number of nitrogens with zero attached hydrogens (tertiary/aromatic N) is 2. The van der Waals surface area contributed by atoms with Gasteiger partial charge in [-0.2, -0.15) is 0 Å². The second kappa shape index (κ2) is 8.57. The lowest BCUT2D eigenvalue weighted by Crippen LogP contribution is -2.24. The Balaban J connectivity index is 1.59. The van der Waals surface area contributed by atoms with Gasteiger partial charge in [0.2, 0.25) is 0 Å². The lowest BCUT2D eigenvalue weighted by molar-refractivity contribution is 0.0697. The highest BCUT2D eigenvalue weighted by Gasteiger charge is 2.12. The van der Waals surface area contributed by atoms with E-state index in [4.69, 9.17) is 16.3 Å². The molecule has 0 aliphatic rings. The number of benzene rings is 3. The summed E-state index contributed by atoms with van der Waals surface area (Å²) in [4.78, 5) is 28.0. The molecule has 4 aromatic rings. The van der Waals surface area contributed by atoms with Crippen molar-refractivity contribution < 1.29 is 19.0 Å². The van der Waals surface area contributed by atoms with Crippen molar-refractivity contribution >= 4 is 28.5 Å². The second-order valence-electron chi connectivity index (χ2n) is 6.75. The summed E-state index contributed by atoms with van der Waals surface area (Å²) in [5, 5.41) is 9.65. The van der Waals surface area contributed by atoms with Crippen LogP contribution >= 0.6 is 11.6 Å². The maximum absolute atomic E-state index is 14.0. The van der Waals surface area contributed by atoms with Gasteiger partial charge in [0.1, 0.15) is 23.6 Å². The predicted molar refractivity (Wildman–Crippen MR) is 115 cm³/mol. The second-order valence-corrected chi connectivity index (χ2v) is 7.19. The fraction of sp³-hybridized carbons (Fsp3) is 0.0870. The van der Waals surface area contributed by atoms with Crippen molar-refractivity contribution in [1.29, 1.82) is 0 Å². The average Bonchev–Trinajstić information content (AvgIpc) is 2.76. The highest BCUT2D eigenvalue weighted by molar-refractivity contribution is 6.31. The summed E-state index contributed by atoms with van der Waals surface area (Å²) in [6.07, 6.45) is 1.35. The molecule has 31 heavy (non-hydrogen) atoms. The molecule has 1 aromatic heterocycles. The van der Waals surface area contributed by atoms with Gasteiger partial charge in [-0.15, -0.1) is 0 Å². The summed E-state index contributed by atoms with van der Waals surface area (Å²) in [5.41, 5.74) is 1.19. The lowest BCUT2D eigenvalue weighted by Gasteiger charge is -2.14. The van der Waals surface area contributed by atoms with Crippen LogP contribution in [0.5, 0.6) is 5.75 Å². The molecule has 0 amide bonds. The van der Waals surface area contributed by atoms with E-state index in [1.54, 1.807) is 36.4 Å². The number of hydrogen-bond donors (Lipinski definition) is 1. The van der Waals surface area contributed by atoms with Crippen LogP contribution in [0.25, 0.3) is 22.0 Å². The Bertz CT molecular complexity index is 1350. The van der Waals surface area contributed by atoms with Crippen molar-refractivity contribution in [3.8, 4) is 16.9 Å². The minimum absolute atomic E-state index is 0.0670. The summed E-state index contributed by atoms with van der Waals surface area (Å²) in [7, 11) is 0. The number of hydrogen-bond acceptors (Lipinski definition) is 4. The van der Waals surface area contributed by atoms with E-state index in [1.807, 2.05) is 0 Å². The first kappa shape index (κ1) is 20.6. The van der Waals surface area contributed by atoms with Crippen LogP contribution in [0.4, 0.5) is 4.39 Å². The zero-order valence-corrected chi connectivity index (χ0v) is 16.8. The molecule has 156 valence electrons. The lowest BCUT2D eigenvalue weighted by atomic mass is 10.0. The maximum atomic E-state index is 14.0. The molecule has 0 spiro atoms. The molecule has 1 N–H and O–H groups in total. The Hall–Kier alpha value is -3.71. The quantitative estimate of drug-likeness (QED) is 0.474. The van der Waals surface area contributed by atoms with Gasteiger partial charge < -0.3 is 9.84 Å². The van der Waals surface area contributed by atoms with Crippen LogP contribution in [0, 0.1) is 5.82 Å². The Kier molecular flexibility index (Phi) is 5.68. The van der Waals surface area contributed by atoms with Crippen molar-refractivity contribution in [1.82, 2.24) is 9.55 Å². The molecule has 0 saturated heterocycles. The number of carbonyl (C=O) groups is 1. The molecule has 0 aliphatic carbocycles. The zero-order valence-electron chi connectivity index (χ0n) is 16.1. The van der Waals surface area contributed by atoms with E-state index < -0.39 is 17.3 Å². The Morgan fingerprint density at radius 3 is 2.74 bits per heavy atom. The number of aromatic nitrogens is 2. The highest BCUT2D eigenvalue weighted by Crippen LogP contribution is 2.33. The number of fused-ring (bicyclic) bond motifs is 1. The monoisotopic (exact) mass is 438 g/mol. The number of carboxylic acids is 1. The van der Waals surface area contributed by atoms with Gasteiger partial charge in [0, 0.05) is 10.6 Å². The first-order valence-electron chi connectivity index (χ1n) is 9.34. The summed E-state index contributed by atoms with van der Waals surface area (Å²) in [6, 6.07) is 15.7. The van der Waals surface area contributed by atoms with E-state index in [0.717, 1.165) is 0 Å². The Morgan fingerprint density at radius 1 is 1.13 bits per heavy atom. The van der Waals surface area contributed by atoms with Crippen molar-refractivity contribution in [3.05, 3.63) is 93.7 Å². The molecule has 0 saturated carbocycles. The summed E-state index contributed by atoms with van der Waals surface area (Å²) in [6.45, 7) is 0.252. The van der Waals surface area contributed by atoms with Gasteiger partial charge in [0.05, 0.1) is 24.0 Å². The minimum atomic E-state index is -1.04. The smallest absolute Gasteiger partial charge is 0.335 e. The molecular weight excluding hydrogens is 423 g/mol. The molecule has 1 heterocycles. The molecule has 0 bridgehead atoms. The largest absolute Gasteiger partial charge is 0.491 e. The van der Waals surface area contributed by atoms with Crippen LogP contribution in [-0.2, 0) is 6.54 Å². The molecule has 3 aromatic carbocycles. The van der Waals surface area contributed by atoms with E-state index >= 15 is 0 Å². The van der Waals surface area contributed by atoms with Gasteiger partial charge in [-0.25, -0.2) is 14.2 Å². The molecule has 0 aliphatic heterocycles. The van der Waals surface area contributed by atoms with Gasteiger partial charge in [0.15, 0.2) is 0 Å². The van der Waals surface area contributed by atoms with E-state index in [1.165, 1.54) is 35.2 Å². The molecule has 4 rings (SSSR count). The molecule has 6 nitrogen and oxygen atoms in total. The predicted octanol–water partition coefficient (Wildman–Crippen LogP) is 4.63. The van der Waals surface area contributed by atoms with E-state index in [9.17, 15) is 19.1 Å². The minimum Gasteiger partial charge on any atom is -0.491 e. The van der Waals surface area contributed by atoms with E-state index in [-0.39, 0.29) is 24.1 Å².